The molecule has 1 aromatic rings. The zero-order chi connectivity index (χ0) is 14.8. The highest BCUT2D eigenvalue weighted by molar-refractivity contribution is 6.04. The number of nitrogens with zero attached hydrogens (tertiary/aromatic N) is 1. The molecule has 1 amide bonds. The maximum Gasteiger partial charge on any atom is 0.336 e. The second-order valence-corrected chi connectivity index (χ2v) is 5.44. The first-order chi connectivity index (χ1) is 9.43. The van der Waals surface area contributed by atoms with Gasteiger partial charge in [0.15, 0.2) is 0 Å². The van der Waals surface area contributed by atoms with Crippen LogP contribution in [-0.2, 0) is 0 Å². The number of hydrogen-bond acceptors (Lipinski definition) is 3. The predicted octanol–water partition coefficient (Wildman–Crippen LogP) is 1.76. The van der Waals surface area contributed by atoms with Gasteiger partial charge in [0.1, 0.15) is 0 Å². The Labute approximate surface area is 117 Å². The number of carboxylic acids is 1. The summed E-state index contributed by atoms with van der Waals surface area (Å²) in [5.41, 5.74) is -0.686. The molecule has 0 spiro atoms. The number of carboxylic acid groups (broad SMARTS) is 1. The Morgan fingerprint density at radius 3 is 2.30 bits per heavy atom. The van der Waals surface area contributed by atoms with Crippen LogP contribution in [0.15, 0.2) is 24.3 Å². The molecule has 5 nitrogen and oxygen atoms in total. The zero-order valence-electron chi connectivity index (χ0n) is 11.5. The van der Waals surface area contributed by atoms with Gasteiger partial charge >= 0.3 is 5.97 Å². The van der Waals surface area contributed by atoms with E-state index in [2.05, 4.69) is 0 Å². The molecule has 1 saturated carbocycles. The van der Waals surface area contributed by atoms with E-state index in [0.29, 0.717) is 12.8 Å². The van der Waals surface area contributed by atoms with Crippen LogP contribution < -0.4 is 0 Å². The van der Waals surface area contributed by atoms with E-state index >= 15 is 0 Å². The minimum atomic E-state index is -1.12. The van der Waals surface area contributed by atoms with E-state index in [1.54, 1.807) is 19.2 Å². The Bertz CT molecular complexity index is 520. The highest BCUT2D eigenvalue weighted by Crippen LogP contribution is 2.30. The molecule has 2 N–H and O–H groups in total. The third-order valence-corrected chi connectivity index (χ3v) is 3.80. The average molecular weight is 277 g/mol. The third-order valence-electron chi connectivity index (χ3n) is 3.80. The molecule has 0 saturated heterocycles. The summed E-state index contributed by atoms with van der Waals surface area (Å²) in [4.78, 5) is 24.9. The van der Waals surface area contributed by atoms with Crippen molar-refractivity contribution in [2.45, 2.75) is 31.3 Å². The fraction of sp³-hybridized carbons (Fsp3) is 0.467. The van der Waals surface area contributed by atoms with Gasteiger partial charge in [-0.1, -0.05) is 25.0 Å². The van der Waals surface area contributed by atoms with E-state index in [-0.39, 0.29) is 23.6 Å². The number of likely N-dealkylation sites (N-methyl/N-ethyl adjacent to an activating group) is 1. The van der Waals surface area contributed by atoms with Crippen LogP contribution in [0.2, 0.25) is 0 Å². The summed E-state index contributed by atoms with van der Waals surface area (Å²) < 4.78 is 0. The van der Waals surface area contributed by atoms with E-state index in [1.807, 2.05) is 0 Å². The first-order valence-electron chi connectivity index (χ1n) is 6.73. The molecule has 1 fully saturated rings. The molecule has 108 valence electrons. The Balaban J connectivity index is 2.16. The van der Waals surface area contributed by atoms with Crippen molar-refractivity contribution in [3.05, 3.63) is 35.4 Å². The number of carbonyl (C=O) groups excluding carboxylic acids is 1. The molecule has 20 heavy (non-hydrogen) atoms. The molecule has 0 radical (unpaired) electrons. The fourth-order valence-electron chi connectivity index (χ4n) is 2.77. The van der Waals surface area contributed by atoms with Crippen LogP contribution >= 0.6 is 0 Å². The second-order valence-electron chi connectivity index (χ2n) is 5.44. The minimum Gasteiger partial charge on any atom is -0.478 e. The molecule has 0 unspecified atom stereocenters. The molecule has 0 atom stereocenters. The summed E-state index contributed by atoms with van der Waals surface area (Å²) in [6.07, 6.45) is 3.30. The molecular formula is C15H19NO4. The summed E-state index contributed by atoms with van der Waals surface area (Å²) in [7, 11) is 1.59. The van der Waals surface area contributed by atoms with Crippen molar-refractivity contribution in [3.63, 3.8) is 0 Å². The van der Waals surface area contributed by atoms with Gasteiger partial charge in [0.05, 0.1) is 16.7 Å². The molecule has 1 aliphatic rings. The van der Waals surface area contributed by atoms with E-state index in [1.165, 1.54) is 17.0 Å². The summed E-state index contributed by atoms with van der Waals surface area (Å²) in [5, 5.41) is 19.4. The quantitative estimate of drug-likeness (QED) is 0.879. The van der Waals surface area contributed by atoms with Gasteiger partial charge in [0.25, 0.3) is 5.91 Å². The SMILES string of the molecule is CN(CC1(O)CCCC1)C(=O)c1ccccc1C(=O)O. The van der Waals surface area contributed by atoms with Gasteiger partial charge < -0.3 is 15.1 Å². The molecule has 0 heterocycles. The Kier molecular flexibility index (Phi) is 4.09. The third kappa shape index (κ3) is 2.99. The Morgan fingerprint density at radius 1 is 1.20 bits per heavy atom. The number of aliphatic hydroxyl groups is 1. The maximum absolute atomic E-state index is 12.4. The molecule has 1 aromatic carbocycles. The van der Waals surface area contributed by atoms with Gasteiger partial charge in [-0.25, -0.2) is 4.79 Å². The van der Waals surface area contributed by atoms with Crippen LogP contribution in [0.1, 0.15) is 46.4 Å². The first-order valence-corrected chi connectivity index (χ1v) is 6.73. The van der Waals surface area contributed by atoms with E-state index in [9.17, 15) is 14.7 Å². The number of amides is 1. The number of hydrogen-bond donors (Lipinski definition) is 2. The van der Waals surface area contributed by atoms with Crippen LogP contribution in [0, 0.1) is 0 Å². The molecule has 1 aliphatic carbocycles. The molecule has 5 heteroatoms. The van der Waals surface area contributed by atoms with Gasteiger partial charge in [-0.05, 0) is 25.0 Å². The van der Waals surface area contributed by atoms with Crippen molar-refractivity contribution < 1.29 is 19.8 Å². The van der Waals surface area contributed by atoms with E-state index < -0.39 is 11.6 Å². The summed E-state index contributed by atoms with van der Waals surface area (Å²) in [5.74, 6) is -1.50. The lowest BCUT2D eigenvalue weighted by atomic mass is 10.0. The predicted molar refractivity (Wildman–Crippen MR) is 73.8 cm³/mol. The fourth-order valence-corrected chi connectivity index (χ4v) is 2.77. The first kappa shape index (κ1) is 14.5. The lowest BCUT2D eigenvalue weighted by molar-refractivity contribution is 0.0156. The van der Waals surface area contributed by atoms with Gasteiger partial charge in [-0.15, -0.1) is 0 Å². The van der Waals surface area contributed by atoms with Crippen LogP contribution in [0.4, 0.5) is 0 Å². The van der Waals surface area contributed by atoms with E-state index in [4.69, 9.17) is 5.11 Å². The van der Waals surface area contributed by atoms with Crippen molar-refractivity contribution in [2.75, 3.05) is 13.6 Å². The number of rotatable bonds is 4. The summed E-state index contributed by atoms with van der Waals surface area (Å²) in [6.45, 7) is 0.236. The lowest BCUT2D eigenvalue weighted by Gasteiger charge is -2.28. The highest BCUT2D eigenvalue weighted by Gasteiger charge is 2.34. The average Bonchev–Trinajstić information content (AvgIpc) is 2.84. The molecule has 2 rings (SSSR count). The van der Waals surface area contributed by atoms with Crippen molar-refractivity contribution in [3.8, 4) is 0 Å². The number of carbonyl (C=O) groups is 2. The van der Waals surface area contributed by atoms with Crippen LogP contribution in [0.5, 0.6) is 0 Å². The number of benzene rings is 1. The second kappa shape index (κ2) is 5.63. The summed E-state index contributed by atoms with van der Waals surface area (Å²) in [6, 6.07) is 6.14. The zero-order valence-corrected chi connectivity index (χ0v) is 11.5. The monoisotopic (exact) mass is 277 g/mol. The van der Waals surface area contributed by atoms with Crippen molar-refractivity contribution in [2.24, 2.45) is 0 Å². The smallest absolute Gasteiger partial charge is 0.336 e. The van der Waals surface area contributed by atoms with Crippen molar-refractivity contribution in [1.29, 1.82) is 0 Å². The standard InChI is InChI=1S/C15H19NO4/c1-16(10-15(20)8-4-5-9-15)13(17)11-6-2-3-7-12(11)14(18)19/h2-3,6-7,20H,4-5,8-10H2,1H3,(H,18,19). The normalized spacial score (nSPS) is 16.9. The maximum atomic E-state index is 12.4. The molecule has 0 aromatic heterocycles. The van der Waals surface area contributed by atoms with Crippen LogP contribution in [-0.4, -0.2) is 46.2 Å². The number of aromatic carboxylic acids is 1. The van der Waals surface area contributed by atoms with Crippen LogP contribution in [0.3, 0.4) is 0 Å². The van der Waals surface area contributed by atoms with Crippen molar-refractivity contribution in [1.82, 2.24) is 4.90 Å². The molecular weight excluding hydrogens is 258 g/mol. The van der Waals surface area contributed by atoms with E-state index in [0.717, 1.165) is 12.8 Å². The molecule has 0 aliphatic heterocycles. The Hall–Kier alpha value is -1.88. The van der Waals surface area contributed by atoms with Crippen LogP contribution in [0.25, 0.3) is 0 Å². The lowest BCUT2D eigenvalue weighted by Crippen LogP contribution is -2.42. The minimum absolute atomic E-state index is 0.0113. The Morgan fingerprint density at radius 2 is 1.75 bits per heavy atom. The van der Waals surface area contributed by atoms with Gasteiger partial charge in [0, 0.05) is 13.6 Å². The van der Waals surface area contributed by atoms with Gasteiger partial charge in [-0.3, -0.25) is 4.79 Å². The molecule has 0 bridgehead atoms. The largest absolute Gasteiger partial charge is 0.478 e. The highest BCUT2D eigenvalue weighted by atomic mass is 16.4. The topological polar surface area (TPSA) is 77.8 Å². The van der Waals surface area contributed by atoms with Gasteiger partial charge in [0.2, 0.25) is 0 Å². The van der Waals surface area contributed by atoms with Crippen molar-refractivity contribution >= 4 is 11.9 Å². The van der Waals surface area contributed by atoms with Gasteiger partial charge in [-0.2, -0.15) is 0 Å². The summed E-state index contributed by atoms with van der Waals surface area (Å²) >= 11 is 0.